The first-order valence-electron chi connectivity index (χ1n) is 3.85. The summed E-state index contributed by atoms with van der Waals surface area (Å²) >= 11 is 0. The van der Waals surface area contributed by atoms with E-state index >= 15 is 0 Å². The summed E-state index contributed by atoms with van der Waals surface area (Å²) in [4.78, 5) is 32.8. The molecular formula is C8H10N2O3. The second-order valence-corrected chi connectivity index (χ2v) is 2.81. The molecule has 5 heteroatoms. The van der Waals surface area contributed by atoms with E-state index in [-0.39, 0.29) is 5.91 Å². The molecule has 3 amide bonds. The summed E-state index contributed by atoms with van der Waals surface area (Å²) in [6.07, 6.45) is 1.74. The van der Waals surface area contributed by atoms with Crippen LogP contribution in [0.15, 0.2) is 12.3 Å². The maximum Gasteiger partial charge on any atom is 0.247 e. The molecule has 1 rings (SSSR count). The molecule has 1 unspecified atom stereocenters. The Hall–Kier alpha value is -1.65. The summed E-state index contributed by atoms with van der Waals surface area (Å²) in [5, 5.41) is 2.49. The van der Waals surface area contributed by atoms with Gasteiger partial charge in [-0.05, 0) is 12.8 Å². The first-order valence-corrected chi connectivity index (χ1v) is 3.85. The van der Waals surface area contributed by atoms with Crippen LogP contribution in [0.3, 0.4) is 0 Å². The Bertz CT molecular complexity index is 254. The molecule has 1 aliphatic heterocycles. The monoisotopic (exact) mass is 182 g/mol. The van der Waals surface area contributed by atoms with Crippen LogP contribution in [0.2, 0.25) is 0 Å². The van der Waals surface area contributed by atoms with E-state index in [0.29, 0.717) is 31.4 Å². The molecule has 13 heavy (non-hydrogen) atoms. The maximum absolute atomic E-state index is 11.2. The van der Waals surface area contributed by atoms with Crippen LogP contribution < -0.4 is 5.32 Å². The summed E-state index contributed by atoms with van der Waals surface area (Å²) in [6, 6.07) is -0.680. The van der Waals surface area contributed by atoms with Crippen molar-refractivity contribution >= 4 is 18.7 Å². The standard InChI is InChI=1S/C8H10N2O3/c1-6-2-3-7(8(13)9-6)10(4-11)5-12/h4-5,7H,1-3H2,(H,9,13). The fourth-order valence-electron chi connectivity index (χ4n) is 1.22. The average Bonchev–Trinajstić information content (AvgIpc) is 2.10. The predicted octanol–water partition coefficient (Wildman–Crippen LogP) is -0.607. The number of carbonyl (C=O) groups is 3. The number of carbonyl (C=O) groups excluding carboxylic acids is 3. The number of hydrogen-bond acceptors (Lipinski definition) is 3. The van der Waals surface area contributed by atoms with Gasteiger partial charge in [0.05, 0.1) is 0 Å². The van der Waals surface area contributed by atoms with Gasteiger partial charge in [0.15, 0.2) is 0 Å². The number of amides is 3. The maximum atomic E-state index is 11.2. The zero-order valence-corrected chi connectivity index (χ0v) is 7.03. The number of nitrogens with one attached hydrogen (secondary N) is 1. The van der Waals surface area contributed by atoms with E-state index in [9.17, 15) is 14.4 Å². The van der Waals surface area contributed by atoms with Gasteiger partial charge in [0.2, 0.25) is 18.7 Å². The van der Waals surface area contributed by atoms with Crippen LogP contribution in [-0.4, -0.2) is 29.7 Å². The molecule has 70 valence electrons. The lowest BCUT2D eigenvalue weighted by atomic mass is 10.0. The molecule has 1 atom stereocenters. The van der Waals surface area contributed by atoms with E-state index in [1.165, 1.54) is 0 Å². The molecular weight excluding hydrogens is 172 g/mol. The number of piperidine rings is 1. The van der Waals surface area contributed by atoms with Gasteiger partial charge in [0.1, 0.15) is 6.04 Å². The minimum Gasteiger partial charge on any atom is -0.329 e. The highest BCUT2D eigenvalue weighted by molar-refractivity contribution is 5.89. The molecule has 0 bridgehead atoms. The van der Waals surface area contributed by atoms with E-state index in [1.807, 2.05) is 0 Å². The first kappa shape index (κ1) is 9.44. The molecule has 0 aromatic heterocycles. The van der Waals surface area contributed by atoms with Crippen molar-refractivity contribution in [1.29, 1.82) is 0 Å². The number of rotatable bonds is 3. The Labute approximate surface area is 75.4 Å². The van der Waals surface area contributed by atoms with Crippen molar-refractivity contribution < 1.29 is 14.4 Å². The van der Waals surface area contributed by atoms with Gasteiger partial charge >= 0.3 is 0 Å². The molecule has 1 N–H and O–H groups in total. The van der Waals surface area contributed by atoms with Crippen molar-refractivity contribution in [1.82, 2.24) is 10.2 Å². The van der Waals surface area contributed by atoms with Crippen LogP contribution in [0, 0.1) is 0 Å². The molecule has 5 nitrogen and oxygen atoms in total. The largest absolute Gasteiger partial charge is 0.329 e. The quantitative estimate of drug-likeness (QED) is 0.592. The fourth-order valence-corrected chi connectivity index (χ4v) is 1.22. The smallest absolute Gasteiger partial charge is 0.247 e. The third-order valence-electron chi connectivity index (χ3n) is 1.93. The van der Waals surface area contributed by atoms with Crippen LogP contribution >= 0.6 is 0 Å². The number of hydrogen-bond donors (Lipinski definition) is 1. The van der Waals surface area contributed by atoms with Crippen LogP contribution in [0.4, 0.5) is 0 Å². The van der Waals surface area contributed by atoms with E-state index in [2.05, 4.69) is 11.9 Å². The lowest BCUT2D eigenvalue weighted by Crippen LogP contribution is -2.48. The summed E-state index contributed by atoms with van der Waals surface area (Å²) in [6.45, 7) is 3.58. The van der Waals surface area contributed by atoms with Gasteiger partial charge in [-0.3, -0.25) is 19.3 Å². The summed E-state index contributed by atoms with van der Waals surface area (Å²) < 4.78 is 0. The third kappa shape index (κ3) is 1.93. The van der Waals surface area contributed by atoms with Crippen LogP contribution in [0.25, 0.3) is 0 Å². The topological polar surface area (TPSA) is 66.5 Å². The van der Waals surface area contributed by atoms with Gasteiger partial charge in [-0.15, -0.1) is 0 Å². The normalized spacial score (nSPS) is 22.0. The fraction of sp³-hybridized carbons (Fsp3) is 0.375. The summed E-state index contributed by atoms with van der Waals surface area (Å²) in [7, 11) is 0. The average molecular weight is 182 g/mol. The second-order valence-electron chi connectivity index (χ2n) is 2.81. The molecule has 0 aliphatic carbocycles. The molecule has 0 spiro atoms. The van der Waals surface area contributed by atoms with Crippen molar-refractivity contribution in [3.05, 3.63) is 12.3 Å². The lowest BCUT2D eigenvalue weighted by molar-refractivity contribution is -0.140. The van der Waals surface area contributed by atoms with E-state index < -0.39 is 6.04 Å². The highest BCUT2D eigenvalue weighted by Crippen LogP contribution is 2.13. The Morgan fingerprint density at radius 2 is 2.08 bits per heavy atom. The van der Waals surface area contributed by atoms with Gasteiger partial charge in [-0.25, -0.2) is 0 Å². The Morgan fingerprint density at radius 3 is 2.54 bits per heavy atom. The highest BCUT2D eigenvalue weighted by Gasteiger charge is 2.28. The molecule has 0 aromatic rings. The summed E-state index contributed by atoms with van der Waals surface area (Å²) in [5.74, 6) is -0.351. The first-order chi connectivity index (χ1) is 6.19. The lowest BCUT2D eigenvalue weighted by Gasteiger charge is -2.27. The highest BCUT2D eigenvalue weighted by atomic mass is 16.2. The number of nitrogens with zero attached hydrogens (tertiary/aromatic N) is 1. The zero-order valence-electron chi connectivity index (χ0n) is 7.03. The van der Waals surface area contributed by atoms with Gasteiger partial charge < -0.3 is 5.32 Å². The van der Waals surface area contributed by atoms with Crippen molar-refractivity contribution in [2.24, 2.45) is 0 Å². The van der Waals surface area contributed by atoms with Gasteiger partial charge in [0, 0.05) is 5.70 Å². The SMILES string of the molecule is C=C1CCC(N(C=O)C=O)C(=O)N1. The molecule has 0 radical (unpaired) electrons. The van der Waals surface area contributed by atoms with E-state index in [4.69, 9.17) is 0 Å². The Kier molecular flexibility index (Phi) is 2.79. The molecule has 1 aliphatic rings. The molecule has 1 fully saturated rings. The van der Waals surface area contributed by atoms with Crippen molar-refractivity contribution in [3.8, 4) is 0 Å². The van der Waals surface area contributed by atoms with Gasteiger partial charge in [0.25, 0.3) is 0 Å². The second kappa shape index (κ2) is 3.84. The van der Waals surface area contributed by atoms with Crippen molar-refractivity contribution in [2.45, 2.75) is 18.9 Å². The number of imide groups is 1. The molecule has 0 aromatic carbocycles. The number of allylic oxidation sites excluding steroid dienone is 1. The summed E-state index contributed by atoms with van der Waals surface area (Å²) in [5.41, 5.74) is 0.623. The van der Waals surface area contributed by atoms with Gasteiger partial charge in [-0.1, -0.05) is 6.58 Å². The Morgan fingerprint density at radius 1 is 1.46 bits per heavy atom. The predicted molar refractivity (Wildman–Crippen MR) is 44.3 cm³/mol. The minimum atomic E-state index is -0.680. The third-order valence-corrected chi connectivity index (χ3v) is 1.93. The van der Waals surface area contributed by atoms with Crippen molar-refractivity contribution in [3.63, 3.8) is 0 Å². The van der Waals surface area contributed by atoms with E-state index in [0.717, 1.165) is 4.90 Å². The van der Waals surface area contributed by atoms with Gasteiger partial charge in [-0.2, -0.15) is 0 Å². The minimum absolute atomic E-state index is 0.351. The molecule has 1 saturated heterocycles. The Balaban J connectivity index is 2.69. The molecule has 0 saturated carbocycles. The van der Waals surface area contributed by atoms with Crippen LogP contribution in [0.5, 0.6) is 0 Å². The van der Waals surface area contributed by atoms with Crippen LogP contribution in [0.1, 0.15) is 12.8 Å². The van der Waals surface area contributed by atoms with Crippen molar-refractivity contribution in [2.75, 3.05) is 0 Å². The zero-order chi connectivity index (χ0) is 9.84. The van der Waals surface area contributed by atoms with Crippen LogP contribution in [-0.2, 0) is 14.4 Å². The molecule has 1 heterocycles. The van der Waals surface area contributed by atoms with E-state index in [1.54, 1.807) is 0 Å².